The van der Waals surface area contributed by atoms with Gasteiger partial charge in [0.1, 0.15) is 0 Å². The summed E-state index contributed by atoms with van der Waals surface area (Å²) in [4.78, 5) is 13.0. The predicted octanol–water partition coefficient (Wildman–Crippen LogP) is 3.86. The van der Waals surface area contributed by atoms with Crippen molar-refractivity contribution >= 4 is 33.2 Å². The number of methoxy groups -OCH3 is 3. The minimum absolute atomic E-state index is 0.0567. The fraction of sp³-hybridized carbons (Fsp3) is 0.235. The summed E-state index contributed by atoms with van der Waals surface area (Å²) in [5.41, 5.74) is -6.89. The Hall–Kier alpha value is -2.66. The van der Waals surface area contributed by atoms with Crippen molar-refractivity contribution in [2.45, 2.75) is 5.51 Å². The van der Waals surface area contributed by atoms with Crippen molar-refractivity contribution in [2.24, 2.45) is 0 Å². The van der Waals surface area contributed by atoms with Crippen molar-refractivity contribution in [3.05, 3.63) is 47.0 Å². The molecule has 0 aromatic heterocycles. The summed E-state index contributed by atoms with van der Waals surface area (Å²) in [7, 11) is -2.39. The Morgan fingerprint density at radius 1 is 1.00 bits per heavy atom. The van der Waals surface area contributed by atoms with Crippen LogP contribution in [0.1, 0.15) is 10.4 Å². The highest BCUT2D eigenvalue weighted by molar-refractivity contribution is 7.94. The monoisotopic (exact) mass is 453 g/mol. The first-order valence-corrected chi connectivity index (χ1v) is 9.51. The molecule has 29 heavy (non-hydrogen) atoms. The lowest BCUT2D eigenvalue weighted by Gasteiger charge is -2.25. The molecule has 0 aliphatic heterocycles. The van der Waals surface area contributed by atoms with Crippen LogP contribution in [-0.4, -0.2) is 41.2 Å². The topological polar surface area (TPSA) is 82.1 Å². The van der Waals surface area contributed by atoms with Gasteiger partial charge in [-0.15, -0.1) is 0 Å². The lowest BCUT2D eigenvalue weighted by molar-refractivity contribution is -0.0437. The number of alkyl halides is 3. The van der Waals surface area contributed by atoms with Crippen LogP contribution in [0, 0.1) is 0 Å². The highest BCUT2D eigenvalue weighted by atomic mass is 35.5. The van der Waals surface area contributed by atoms with Crippen LogP contribution in [-0.2, 0) is 10.0 Å². The molecule has 0 heterocycles. The molecule has 2 rings (SSSR count). The van der Waals surface area contributed by atoms with E-state index in [0.29, 0.717) is 0 Å². The minimum atomic E-state index is -6.13. The number of para-hydroxylation sites is 1. The standard InChI is InChI=1S/C17H15ClF3NO6S/c1-26-13-8-10(9-14(27-2)15(13)28-3)16(23)22(29(24,25)17(19,20)21)12-7-5-4-6-11(12)18/h4-9H,1-3H3. The number of benzene rings is 2. The van der Waals surface area contributed by atoms with Crippen LogP contribution in [0.4, 0.5) is 18.9 Å². The van der Waals surface area contributed by atoms with Crippen LogP contribution in [0.2, 0.25) is 5.02 Å². The summed E-state index contributed by atoms with van der Waals surface area (Å²) in [5, 5.41) is -0.374. The number of carbonyl (C=O) groups excluding carboxylic acids is 1. The van der Waals surface area contributed by atoms with Gasteiger partial charge in [-0.25, -0.2) is 0 Å². The molecule has 0 fully saturated rings. The third-order valence-electron chi connectivity index (χ3n) is 3.70. The molecule has 12 heteroatoms. The largest absolute Gasteiger partial charge is 0.517 e. The highest BCUT2D eigenvalue weighted by Crippen LogP contribution is 2.40. The number of ether oxygens (including phenoxy) is 3. The molecule has 0 N–H and O–H groups in total. The van der Waals surface area contributed by atoms with Gasteiger partial charge < -0.3 is 14.2 Å². The van der Waals surface area contributed by atoms with Crippen LogP contribution in [0.3, 0.4) is 0 Å². The molecule has 7 nitrogen and oxygen atoms in total. The van der Waals surface area contributed by atoms with Crippen molar-refractivity contribution < 1.29 is 40.6 Å². The second kappa shape index (κ2) is 8.37. The first kappa shape index (κ1) is 22.6. The van der Waals surface area contributed by atoms with Crippen molar-refractivity contribution in [1.29, 1.82) is 0 Å². The number of halogens is 4. The van der Waals surface area contributed by atoms with Crippen LogP contribution < -0.4 is 18.5 Å². The first-order chi connectivity index (χ1) is 13.5. The Morgan fingerprint density at radius 2 is 1.52 bits per heavy atom. The third kappa shape index (κ3) is 4.20. The summed E-state index contributed by atoms with van der Waals surface area (Å²) in [6.07, 6.45) is 0. The summed E-state index contributed by atoms with van der Waals surface area (Å²) < 4.78 is 79.0. The molecule has 0 aliphatic carbocycles. The number of hydrogen-bond acceptors (Lipinski definition) is 6. The number of carbonyl (C=O) groups is 1. The van der Waals surface area contributed by atoms with Gasteiger partial charge >= 0.3 is 15.5 Å². The molecule has 158 valence electrons. The lowest BCUT2D eigenvalue weighted by atomic mass is 10.1. The van der Waals surface area contributed by atoms with E-state index in [2.05, 4.69) is 0 Å². The number of rotatable bonds is 6. The molecule has 0 spiro atoms. The number of nitrogens with zero attached hydrogens (tertiary/aromatic N) is 1. The maximum atomic E-state index is 13.3. The number of amides is 1. The number of sulfonamides is 1. The molecule has 0 aliphatic rings. The van der Waals surface area contributed by atoms with E-state index in [4.69, 9.17) is 25.8 Å². The summed E-state index contributed by atoms with van der Waals surface area (Å²) in [6, 6.07) is 6.79. The molecule has 0 saturated heterocycles. The van der Waals surface area contributed by atoms with Gasteiger partial charge in [0.05, 0.1) is 32.0 Å². The van der Waals surface area contributed by atoms with Crippen molar-refractivity contribution in [1.82, 2.24) is 0 Å². The second-order valence-electron chi connectivity index (χ2n) is 5.39. The van der Waals surface area contributed by atoms with Gasteiger partial charge in [0.25, 0.3) is 5.91 Å². The van der Waals surface area contributed by atoms with E-state index in [-0.39, 0.29) is 22.3 Å². The number of hydrogen-bond donors (Lipinski definition) is 0. The van der Waals surface area contributed by atoms with Gasteiger partial charge in [-0.1, -0.05) is 23.7 Å². The zero-order valence-electron chi connectivity index (χ0n) is 15.3. The van der Waals surface area contributed by atoms with Crippen molar-refractivity contribution in [3.8, 4) is 17.2 Å². The Labute approximate surface area is 169 Å². The average molecular weight is 454 g/mol. The van der Waals surface area contributed by atoms with E-state index >= 15 is 0 Å². The van der Waals surface area contributed by atoms with Crippen molar-refractivity contribution in [2.75, 3.05) is 25.6 Å². The van der Waals surface area contributed by atoms with E-state index in [0.717, 1.165) is 24.3 Å². The second-order valence-corrected chi connectivity index (χ2v) is 7.57. The zero-order valence-corrected chi connectivity index (χ0v) is 16.9. The Morgan fingerprint density at radius 3 is 1.93 bits per heavy atom. The molecule has 0 atom stereocenters. The summed E-state index contributed by atoms with van der Waals surface area (Å²) >= 11 is 5.88. The van der Waals surface area contributed by atoms with E-state index in [9.17, 15) is 26.4 Å². The van der Waals surface area contributed by atoms with Gasteiger partial charge in [0, 0.05) is 5.56 Å². The van der Waals surface area contributed by atoms with E-state index < -0.39 is 37.0 Å². The summed E-state index contributed by atoms with van der Waals surface area (Å²) in [6.45, 7) is 0. The zero-order chi connectivity index (χ0) is 22.0. The van der Waals surface area contributed by atoms with Gasteiger partial charge in [-0.05, 0) is 24.3 Å². The quantitative estimate of drug-likeness (QED) is 0.660. The van der Waals surface area contributed by atoms with Crippen LogP contribution in [0.5, 0.6) is 17.2 Å². The maximum absolute atomic E-state index is 13.3. The Balaban J connectivity index is 2.77. The predicted molar refractivity (Wildman–Crippen MR) is 99.3 cm³/mol. The van der Waals surface area contributed by atoms with E-state index in [1.807, 2.05) is 0 Å². The number of anilines is 1. The van der Waals surface area contributed by atoms with Gasteiger partial charge in [-0.3, -0.25) is 4.79 Å². The molecule has 0 radical (unpaired) electrons. The SMILES string of the molecule is COc1cc(C(=O)N(c2ccccc2Cl)S(=O)(=O)C(F)(F)F)cc(OC)c1OC. The van der Waals surface area contributed by atoms with E-state index in [1.165, 1.54) is 33.5 Å². The Bertz CT molecular complexity index is 1000. The highest BCUT2D eigenvalue weighted by Gasteiger charge is 2.53. The smallest absolute Gasteiger partial charge is 0.493 e. The van der Waals surface area contributed by atoms with Crippen LogP contribution in [0.15, 0.2) is 36.4 Å². The summed E-state index contributed by atoms with van der Waals surface area (Å²) in [5.74, 6) is -1.57. The fourth-order valence-electron chi connectivity index (χ4n) is 2.39. The maximum Gasteiger partial charge on any atom is 0.517 e. The first-order valence-electron chi connectivity index (χ1n) is 7.70. The van der Waals surface area contributed by atoms with Gasteiger partial charge in [-0.2, -0.15) is 25.9 Å². The van der Waals surface area contributed by atoms with Gasteiger partial charge in [0.15, 0.2) is 11.5 Å². The molecule has 1 amide bonds. The molecule has 0 unspecified atom stereocenters. The molecular weight excluding hydrogens is 439 g/mol. The normalized spacial score (nSPS) is 11.7. The van der Waals surface area contributed by atoms with Gasteiger partial charge in [0.2, 0.25) is 5.75 Å². The minimum Gasteiger partial charge on any atom is -0.493 e. The Kier molecular flexibility index (Phi) is 6.53. The molecule has 2 aromatic carbocycles. The third-order valence-corrected chi connectivity index (χ3v) is 5.45. The molecule has 0 saturated carbocycles. The lowest BCUT2D eigenvalue weighted by Crippen LogP contribution is -2.44. The molecular formula is C17H15ClF3NO6S. The van der Waals surface area contributed by atoms with Crippen molar-refractivity contribution in [3.63, 3.8) is 0 Å². The van der Waals surface area contributed by atoms with Crippen LogP contribution >= 0.6 is 11.6 Å². The van der Waals surface area contributed by atoms with E-state index in [1.54, 1.807) is 0 Å². The molecule has 0 bridgehead atoms. The van der Waals surface area contributed by atoms with Crippen LogP contribution in [0.25, 0.3) is 0 Å². The average Bonchev–Trinajstić information content (AvgIpc) is 2.67. The fourth-order valence-corrected chi connectivity index (χ4v) is 3.61. The molecule has 2 aromatic rings.